The van der Waals surface area contributed by atoms with E-state index in [-0.39, 0.29) is 5.91 Å². The number of rotatable bonds is 4. The van der Waals surface area contributed by atoms with Crippen LogP contribution in [0, 0.1) is 0 Å². The number of allylic oxidation sites excluding steroid dienone is 1. The molecule has 0 spiro atoms. The maximum absolute atomic E-state index is 11.4. The summed E-state index contributed by atoms with van der Waals surface area (Å²) in [5.74, 6) is -0.0353. The van der Waals surface area contributed by atoms with Gasteiger partial charge in [-0.1, -0.05) is 24.3 Å². The number of hydrogen-bond donors (Lipinski definition) is 2. The summed E-state index contributed by atoms with van der Waals surface area (Å²) in [5.41, 5.74) is 1.93. The Labute approximate surface area is 108 Å². The third-order valence-corrected chi connectivity index (χ3v) is 3.31. The second-order valence-electron chi connectivity index (χ2n) is 4.64. The lowest BCUT2D eigenvalue weighted by Crippen LogP contribution is -2.29. The second kappa shape index (κ2) is 6.36. The minimum atomic E-state index is -0.0353. The normalized spacial score (nSPS) is 18.6. The Morgan fingerprint density at radius 3 is 2.67 bits per heavy atom. The summed E-state index contributed by atoms with van der Waals surface area (Å²) in [5, 5.41) is 6.17. The van der Waals surface area contributed by atoms with Crippen LogP contribution in [0.3, 0.4) is 0 Å². The first kappa shape index (κ1) is 12.8. The maximum atomic E-state index is 11.4. The van der Waals surface area contributed by atoms with Gasteiger partial charge in [0.15, 0.2) is 0 Å². The zero-order valence-corrected chi connectivity index (χ0v) is 10.8. The van der Waals surface area contributed by atoms with Crippen molar-refractivity contribution in [2.45, 2.75) is 31.8 Å². The highest BCUT2D eigenvalue weighted by Gasteiger charge is 2.08. The highest BCUT2D eigenvalue weighted by molar-refractivity contribution is 5.93. The lowest BCUT2D eigenvalue weighted by molar-refractivity contribution is 0.0963. The van der Waals surface area contributed by atoms with Crippen LogP contribution in [0.4, 0.5) is 0 Å². The molecule has 1 aliphatic carbocycles. The van der Waals surface area contributed by atoms with Gasteiger partial charge in [-0.3, -0.25) is 4.79 Å². The summed E-state index contributed by atoms with van der Waals surface area (Å²) in [7, 11) is 1.65. The Kier molecular flexibility index (Phi) is 4.53. The first-order chi connectivity index (χ1) is 8.79. The van der Waals surface area contributed by atoms with Crippen molar-refractivity contribution in [2.24, 2.45) is 0 Å². The summed E-state index contributed by atoms with van der Waals surface area (Å²) in [4.78, 5) is 11.4. The van der Waals surface area contributed by atoms with Gasteiger partial charge in [-0.05, 0) is 37.0 Å². The molecule has 0 aliphatic heterocycles. The van der Waals surface area contributed by atoms with Crippen LogP contribution in [0.15, 0.2) is 36.4 Å². The summed E-state index contributed by atoms with van der Waals surface area (Å²) in [6, 6.07) is 8.35. The van der Waals surface area contributed by atoms with E-state index in [0.29, 0.717) is 11.6 Å². The van der Waals surface area contributed by atoms with E-state index in [1.54, 1.807) is 7.05 Å². The fraction of sp³-hybridized carbons (Fsp3) is 0.400. The zero-order chi connectivity index (χ0) is 12.8. The molecular formula is C15H20N2O. The fourth-order valence-corrected chi connectivity index (χ4v) is 2.16. The standard InChI is InChI=1S/C15H20N2O/c1-16-15(18)13-9-7-12(8-10-13)11-17-14-5-3-2-4-6-14/h2-3,7-10,14,17H,4-6,11H2,1H3,(H,16,18). The van der Waals surface area contributed by atoms with Gasteiger partial charge in [0.05, 0.1) is 0 Å². The quantitative estimate of drug-likeness (QED) is 0.798. The van der Waals surface area contributed by atoms with Gasteiger partial charge in [0.25, 0.3) is 5.91 Å². The topological polar surface area (TPSA) is 41.1 Å². The molecular weight excluding hydrogens is 224 g/mol. The second-order valence-corrected chi connectivity index (χ2v) is 4.64. The molecule has 0 aromatic heterocycles. The van der Waals surface area contributed by atoms with E-state index < -0.39 is 0 Å². The summed E-state index contributed by atoms with van der Waals surface area (Å²) in [6.45, 7) is 0.868. The van der Waals surface area contributed by atoms with Crippen LogP contribution in [-0.4, -0.2) is 19.0 Å². The Balaban J connectivity index is 1.86. The molecule has 2 N–H and O–H groups in total. The molecule has 0 saturated carbocycles. The van der Waals surface area contributed by atoms with Crippen LogP contribution in [0.1, 0.15) is 35.2 Å². The molecule has 18 heavy (non-hydrogen) atoms. The lowest BCUT2D eigenvalue weighted by atomic mass is 10.0. The molecule has 0 bridgehead atoms. The number of carbonyl (C=O) groups excluding carboxylic acids is 1. The van der Waals surface area contributed by atoms with Gasteiger partial charge in [-0.15, -0.1) is 0 Å². The van der Waals surface area contributed by atoms with Crippen molar-refractivity contribution in [1.29, 1.82) is 0 Å². The predicted molar refractivity (Wildman–Crippen MR) is 73.5 cm³/mol. The SMILES string of the molecule is CNC(=O)c1ccc(CNC2CC=CCC2)cc1. The van der Waals surface area contributed by atoms with E-state index in [2.05, 4.69) is 22.8 Å². The van der Waals surface area contributed by atoms with Crippen LogP contribution in [-0.2, 0) is 6.54 Å². The summed E-state index contributed by atoms with van der Waals surface area (Å²) >= 11 is 0. The largest absolute Gasteiger partial charge is 0.355 e. The zero-order valence-electron chi connectivity index (χ0n) is 10.8. The smallest absolute Gasteiger partial charge is 0.251 e. The number of benzene rings is 1. The average molecular weight is 244 g/mol. The lowest BCUT2D eigenvalue weighted by Gasteiger charge is -2.19. The van der Waals surface area contributed by atoms with Crippen LogP contribution >= 0.6 is 0 Å². The van der Waals surface area contributed by atoms with Gasteiger partial charge in [-0.25, -0.2) is 0 Å². The van der Waals surface area contributed by atoms with E-state index >= 15 is 0 Å². The Morgan fingerprint density at radius 1 is 1.28 bits per heavy atom. The average Bonchev–Trinajstić information content (AvgIpc) is 2.46. The first-order valence-electron chi connectivity index (χ1n) is 6.49. The molecule has 3 nitrogen and oxygen atoms in total. The highest BCUT2D eigenvalue weighted by Crippen LogP contribution is 2.11. The number of carbonyl (C=O) groups is 1. The predicted octanol–water partition coefficient (Wildman–Crippen LogP) is 2.24. The Hall–Kier alpha value is -1.61. The van der Waals surface area contributed by atoms with Crippen molar-refractivity contribution < 1.29 is 4.79 Å². The first-order valence-corrected chi connectivity index (χ1v) is 6.49. The summed E-state index contributed by atoms with van der Waals surface area (Å²) in [6.07, 6.45) is 8.00. The van der Waals surface area contributed by atoms with Crippen molar-refractivity contribution in [2.75, 3.05) is 7.05 Å². The molecule has 1 atom stereocenters. The van der Waals surface area contributed by atoms with Crippen molar-refractivity contribution in [3.8, 4) is 0 Å². The third-order valence-electron chi connectivity index (χ3n) is 3.31. The molecule has 1 amide bonds. The molecule has 96 valence electrons. The molecule has 1 aliphatic rings. The monoisotopic (exact) mass is 244 g/mol. The van der Waals surface area contributed by atoms with Crippen LogP contribution in [0.5, 0.6) is 0 Å². The molecule has 1 aromatic rings. The van der Waals surface area contributed by atoms with E-state index in [1.807, 2.05) is 24.3 Å². The van der Waals surface area contributed by atoms with Crippen LogP contribution in [0.2, 0.25) is 0 Å². The van der Waals surface area contributed by atoms with Crippen LogP contribution < -0.4 is 10.6 Å². The van der Waals surface area contributed by atoms with Crippen molar-refractivity contribution in [1.82, 2.24) is 10.6 Å². The fourth-order valence-electron chi connectivity index (χ4n) is 2.16. The third kappa shape index (κ3) is 3.44. The van der Waals surface area contributed by atoms with E-state index in [9.17, 15) is 4.79 Å². The van der Waals surface area contributed by atoms with Gasteiger partial charge >= 0.3 is 0 Å². The minimum absolute atomic E-state index is 0.0353. The van der Waals surface area contributed by atoms with Gasteiger partial charge in [-0.2, -0.15) is 0 Å². The molecule has 2 rings (SSSR count). The molecule has 3 heteroatoms. The molecule has 0 fully saturated rings. The van der Waals surface area contributed by atoms with Crippen LogP contribution in [0.25, 0.3) is 0 Å². The minimum Gasteiger partial charge on any atom is -0.355 e. The van der Waals surface area contributed by atoms with Crippen molar-refractivity contribution in [3.05, 3.63) is 47.5 Å². The Morgan fingerprint density at radius 2 is 2.06 bits per heavy atom. The Bertz CT molecular complexity index is 423. The molecule has 1 unspecified atom stereocenters. The molecule has 0 heterocycles. The number of nitrogens with one attached hydrogen (secondary N) is 2. The van der Waals surface area contributed by atoms with E-state index in [1.165, 1.54) is 18.4 Å². The van der Waals surface area contributed by atoms with E-state index in [4.69, 9.17) is 0 Å². The van der Waals surface area contributed by atoms with Gasteiger partial charge in [0.1, 0.15) is 0 Å². The summed E-state index contributed by atoms with van der Waals surface area (Å²) < 4.78 is 0. The molecule has 0 saturated heterocycles. The van der Waals surface area contributed by atoms with Crippen molar-refractivity contribution >= 4 is 5.91 Å². The molecule has 0 radical (unpaired) electrons. The van der Waals surface area contributed by atoms with Gasteiger partial charge in [0.2, 0.25) is 0 Å². The number of amides is 1. The van der Waals surface area contributed by atoms with Gasteiger partial charge < -0.3 is 10.6 Å². The van der Waals surface area contributed by atoms with Crippen molar-refractivity contribution in [3.63, 3.8) is 0 Å². The van der Waals surface area contributed by atoms with Gasteiger partial charge in [0, 0.05) is 25.2 Å². The molecule has 1 aromatic carbocycles. The highest BCUT2D eigenvalue weighted by atomic mass is 16.1. The number of hydrogen-bond acceptors (Lipinski definition) is 2. The maximum Gasteiger partial charge on any atom is 0.251 e. The van der Waals surface area contributed by atoms with E-state index in [0.717, 1.165) is 13.0 Å².